The van der Waals surface area contributed by atoms with Gasteiger partial charge in [-0.2, -0.15) is 0 Å². The third-order valence-corrected chi connectivity index (χ3v) is 6.25. The first-order valence-electron chi connectivity index (χ1n) is 7.40. The smallest absolute Gasteiger partial charge is 0.407 e. The fourth-order valence-electron chi connectivity index (χ4n) is 3.16. The van der Waals surface area contributed by atoms with Crippen LogP contribution < -0.4 is 0 Å². The number of benzene rings is 1. The summed E-state index contributed by atoms with van der Waals surface area (Å²) < 4.78 is 25.3. The van der Waals surface area contributed by atoms with Gasteiger partial charge < -0.3 is 10.0 Å². The predicted octanol–water partition coefficient (Wildman–Crippen LogP) is 2.46. The Labute approximate surface area is 140 Å². The van der Waals surface area contributed by atoms with Crippen molar-refractivity contribution in [2.45, 2.75) is 32.1 Å². The van der Waals surface area contributed by atoms with Crippen LogP contribution in [-0.2, 0) is 9.84 Å². The molecule has 2 rings (SSSR count). The SMILES string of the molecule is CC(C)(C)C1C(c2ccc([N+](=O)[O-])cc2)S(=O)(=O)CCN1C(=O)O. The number of sulfone groups is 1. The highest BCUT2D eigenvalue weighted by Gasteiger charge is 2.49. The summed E-state index contributed by atoms with van der Waals surface area (Å²) in [6, 6.07) is 4.49. The Morgan fingerprint density at radius 3 is 2.25 bits per heavy atom. The van der Waals surface area contributed by atoms with Gasteiger partial charge in [0.25, 0.3) is 5.69 Å². The molecule has 2 atom stereocenters. The van der Waals surface area contributed by atoms with Gasteiger partial charge in [-0.15, -0.1) is 0 Å². The Hall–Kier alpha value is -2.16. The summed E-state index contributed by atoms with van der Waals surface area (Å²) >= 11 is 0. The number of nitro groups is 1. The zero-order valence-corrected chi connectivity index (χ0v) is 14.5. The Morgan fingerprint density at radius 1 is 1.29 bits per heavy atom. The van der Waals surface area contributed by atoms with E-state index in [2.05, 4.69) is 0 Å². The maximum atomic E-state index is 12.7. The lowest BCUT2D eigenvalue weighted by Gasteiger charge is -2.46. The topological polar surface area (TPSA) is 118 Å². The molecule has 1 aliphatic heterocycles. The average molecular weight is 356 g/mol. The Kier molecular flexibility index (Phi) is 4.58. The molecule has 2 unspecified atom stereocenters. The maximum Gasteiger partial charge on any atom is 0.407 e. The van der Waals surface area contributed by atoms with Crippen LogP contribution in [0.15, 0.2) is 24.3 Å². The highest BCUT2D eigenvalue weighted by atomic mass is 32.2. The van der Waals surface area contributed by atoms with Crippen molar-refractivity contribution < 1.29 is 23.2 Å². The van der Waals surface area contributed by atoms with Gasteiger partial charge in [-0.1, -0.05) is 32.9 Å². The number of nitrogens with zero attached hydrogens (tertiary/aromatic N) is 2. The zero-order valence-electron chi connectivity index (χ0n) is 13.7. The van der Waals surface area contributed by atoms with Crippen LogP contribution in [-0.4, -0.2) is 47.8 Å². The normalized spacial score (nSPS) is 23.7. The lowest BCUT2D eigenvalue weighted by Crippen LogP contribution is -2.57. The standard InChI is InChI=1S/C15H20N2O6S/c1-15(2,3)13-12(10-4-6-11(7-5-10)17(20)21)24(22,23)9-8-16(13)14(18)19/h4-7,12-13H,8-9H2,1-3H3,(H,18,19). The second kappa shape index (κ2) is 6.04. The molecule has 0 aliphatic carbocycles. The van der Waals surface area contributed by atoms with E-state index in [1.54, 1.807) is 20.8 Å². The second-order valence-electron chi connectivity index (χ2n) is 6.92. The van der Waals surface area contributed by atoms with E-state index in [0.29, 0.717) is 5.56 Å². The van der Waals surface area contributed by atoms with Crippen molar-refractivity contribution in [2.75, 3.05) is 12.3 Å². The molecule has 0 radical (unpaired) electrons. The minimum absolute atomic E-state index is 0.0803. The molecule has 1 aliphatic rings. The first kappa shape index (κ1) is 18.2. The lowest BCUT2D eigenvalue weighted by molar-refractivity contribution is -0.384. The van der Waals surface area contributed by atoms with Gasteiger partial charge in [0, 0.05) is 18.7 Å². The summed E-state index contributed by atoms with van der Waals surface area (Å²) in [7, 11) is -3.58. The summed E-state index contributed by atoms with van der Waals surface area (Å²) in [4.78, 5) is 23.0. The van der Waals surface area contributed by atoms with Crippen LogP contribution in [0.5, 0.6) is 0 Å². The highest BCUT2D eigenvalue weighted by molar-refractivity contribution is 7.91. The van der Waals surface area contributed by atoms with Crippen LogP contribution in [0.1, 0.15) is 31.6 Å². The molecule has 0 saturated carbocycles. The second-order valence-corrected chi connectivity index (χ2v) is 9.16. The number of hydrogen-bond donors (Lipinski definition) is 1. The summed E-state index contributed by atoms with van der Waals surface area (Å²) in [5.74, 6) is -0.270. The molecule has 0 bridgehead atoms. The molecule has 1 amide bonds. The number of carbonyl (C=O) groups is 1. The molecular weight excluding hydrogens is 336 g/mol. The van der Waals surface area contributed by atoms with Gasteiger partial charge in [-0.05, 0) is 11.0 Å². The fraction of sp³-hybridized carbons (Fsp3) is 0.533. The van der Waals surface area contributed by atoms with Gasteiger partial charge in [0.2, 0.25) is 0 Å². The van der Waals surface area contributed by atoms with Crippen LogP contribution in [0.3, 0.4) is 0 Å². The third-order valence-electron chi connectivity index (χ3n) is 4.19. The van der Waals surface area contributed by atoms with E-state index in [0.717, 1.165) is 4.90 Å². The van der Waals surface area contributed by atoms with Crippen molar-refractivity contribution >= 4 is 21.6 Å². The number of hydrogen-bond acceptors (Lipinski definition) is 5. The number of non-ortho nitro benzene ring substituents is 1. The summed E-state index contributed by atoms with van der Waals surface area (Å²) in [6.45, 7) is 5.27. The molecule has 1 heterocycles. The maximum absolute atomic E-state index is 12.7. The largest absolute Gasteiger partial charge is 0.465 e. The summed E-state index contributed by atoms with van der Waals surface area (Å²) in [6.07, 6.45) is -1.17. The molecule has 24 heavy (non-hydrogen) atoms. The van der Waals surface area contributed by atoms with Crippen molar-refractivity contribution in [1.82, 2.24) is 4.90 Å². The van der Waals surface area contributed by atoms with Crippen molar-refractivity contribution in [3.05, 3.63) is 39.9 Å². The van der Waals surface area contributed by atoms with Crippen LogP contribution >= 0.6 is 0 Å². The van der Waals surface area contributed by atoms with Gasteiger partial charge in [0.1, 0.15) is 5.25 Å². The Morgan fingerprint density at radius 2 is 1.83 bits per heavy atom. The number of nitro benzene ring substituents is 1. The quantitative estimate of drug-likeness (QED) is 0.642. The van der Waals surface area contributed by atoms with Crippen LogP contribution in [0, 0.1) is 15.5 Å². The first-order valence-corrected chi connectivity index (χ1v) is 9.12. The van der Waals surface area contributed by atoms with E-state index in [4.69, 9.17) is 0 Å². The van der Waals surface area contributed by atoms with Gasteiger partial charge in [0.15, 0.2) is 9.84 Å². The van der Waals surface area contributed by atoms with E-state index in [1.165, 1.54) is 24.3 Å². The average Bonchev–Trinajstić information content (AvgIpc) is 2.44. The number of rotatable bonds is 2. The fourth-order valence-corrected chi connectivity index (χ4v) is 5.39. The molecule has 0 aromatic heterocycles. The van der Waals surface area contributed by atoms with Crippen LogP contribution in [0.2, 0.25) is 0 Å². The molecule has 1 N–H and O–H groups in total. The molecule has 132 valence electrons. The van der Waals surface area contributed by atoms with Crippen molar-refractivity contribution in [2.24, 2.45) is 5.41 Å². The van der Waals surface area contributed by atoms with E-state index in [9.17, 15) is 28.4 Å². The zero-order chi connectivity index (χ0) is 18.3. The van der Waals surface area contributed by atoms with Gasteiger partial charge in [-0.25, -0.2) is 13.2 Å². The monoisotopic (exact) mass is 356 g/mol. The Bertz CT molecular complexity index is 751. The molecule has 8 nitrogen and oxygen atoms in total. The third kappa shape index (κ3) is 3.35. The molecular formula is C15H20N2O6S. The van der Waals surface area contributed by atoms with Gasteiger partial charge in [-0.3, -0.25) is 10.1 Å². The summed E-state index contributed by atoms with van der Waals surface area (Å²) in [5, 5.41) is 19.2. The molecule has 1 saturated heterocycles. The lowest BCUT2D eigenvalue weighted by atomic mass is 9.81. The molecule has 1 fully saturated rings. The molecule has 1 aromatic carbocycles. The number of amides is 1. The van der Waals surface area contributed by atoms with Crippen LogP contribution in [0.4, 0.5) is 10.5 Å². The van der Waals surface area contributed by atoms with E-state index >= 15 is 0 Å². The predicted molar refractivity (Wildman–Crippen MR) is 87.6 cm³/mol. The highest BCUT2D eigenvalue weighted by Crippen LogP contribution is 2.42. The van der Waals surface area contributed by atoms with E-state index in [1.807, 2.05) is 0 Å². The van der Waals surface area contributed by atoms with Crippen LogP contribution in [0.25, 0.3) is 0 Å². The van der Waals surface area contributed by atoms with Gasteiger partial charge >= 0.3 is 6.09 Å². The Balaban J connectivity index is 2.58. The molecule has 1 aromatic rings. The summed E-state index contributed by atoms with van der Waals surface area (Å²) in [5.41, 5.74) is -0.404. The first-order chi connectivity index (χ1) is 10.9. The van der Waals surface area contributed by atoms with Crippen molar-refractivity contribution in [1.29, 1.82) is 0 Å². The van der Waals surface area contributed by atoms with Gasteiger partial charge in [0.05, 0.1) is 16.7 Å². The molecule has 0 spiro atoms. The minimum atomic E-state index is -3.58. The van der Waals surface area contributed by atoms with E-state index in [-0.39, 0.29) is 18.0 Å². The number of carboxylic acid groups (broad SMARTS) is 1. The minimum Gasteiger partial charge on any atom is -0.465 e. The van der Waals surface area contributed by atoms with Crippen molar-refractivity contribution in [3.8, 4) is 0 Å². The molecule has 9 heteroatoms. The van der Waals surface area contributed by atoms with Crippen molar-refractivity contribution in [3.63, 3.8) is 0 Å². The van der Waals surface area contributed by atoms with E-state index < -0.39 is 37.6 Å².